The Kier molecular flexibility index (Phi) is 7.17. The Bertz CT molecular complexity index is 1270. The monoisotopic (exact) mass is 472 g/mol. The number of hydrogen-bond donors (Lipinski definition) is 2. The molecule has 1 amide bonds. The van der Waals surface area contributed by atoms with E-state index in [4.69, 9.17) is 16.3 Å². The summed E-state index contributed by atoms with van der Waals surface area (Å²) < 4.78 is 33.4. The van der Waals surface area contributed by atoms with E-state index in [1.807, 2.05) is 0 Å². The van der Waals surface area contributed by atoms with E-state index in [2.05, 4.69) is 10.0 Å². The lowest BCUT2D eigenvalue weighted by atomic mass is 10.1. The van der Waals surface area contributed by atoms with Crippen molar-refractivity contribution in [2.24, 2.45) is 0 Å². The van der Waals surface area contributed by atoms with Gasteiger partial charge in [0.05, 0.1) is 28.6 Å². The van der Waals surface area contributed by atoms with Crippen molar-refractivity contribution in [3.05, 3.63) is 88.4 Å². The molecule has 0 saturated carbocycles. The van der Waals surface area contributed by atoms with Crippen molar-refractivity contribution in [2.75, 3.05) is 16.6 Å². The first-order valence-corrected chi connectivity index (χ1v) is 11.5. The maximum Gasteiger partial charge on any atom is 0.340 e. The summed E-state index contributed by atoms with van der Waals surface area (Å²) in [4.78, 5) is 24.7. The molecule has 3 aromatic rings. The fraction of sp³-hybridized carbons (Fsp3) is 0.130. The zero-order valence-electron chi connectivity index (χ0n) is 17.4. The molecule has 0 aliphatic carbocycles. The van der Waals surface area contributed by atoms with Crippen LogP contribution in [-0.4, -0.2) is 26.9 Å². The summed E-state index contributed by atoms with van der Waals surface area (Å²) in [6.07, 6.45) is 0. The number of nitrogens with one attached hydrogen (secondary N) is 2. The Hall–Kier alpha value is -3.36. The molecule has 9 heteroatoms. The van der Waals surface area contributed by atoms with Crippen LogP contribution in [0.4, 0.5) is 11.4 Å². The van der Waals surface area contributed by atoms with Gasteiger partial charge in [-0.1, -0.05) is 41.9 Å². The summed E-state index contributed by atoms with van der Waals surface area (Å²) in [6, 6.07) is 17.2. The number of rotatable bonds is 7. The van der Waals surface area contributed by atoms with E-state index in [0.717, 1.165) is 5.56 Å². The first-order valence-electron chi connectivity index (χ1n) is 9.68. The predicted octanol–water partition coefficient (Wildman–Crippen LogP) is 4.88. The van der Waals surface area contributed by atoms with Gasteiger partial charge in [0, 0.05) is 5.56 Å². The molecule has 0 fully saturated rings. The normalized spacial score (nSPS) is 11.0. The quantitative estimate of drug-likeness (QED) is 0.477. The number of esters is 1. The number of anilines is 2. The van der Waals surface area contributed by atoms with Crippen molar-refractivity contribution < 1.29 is 22.7 Å². The van der Waals surface area contributed by atoms with E-state index in [1.165, 1.54) is 24.3 Å². The second kappa shape index (κ2) is 9.84. The maximum absolute atomic E-state index is 12.9. The molecule has 0 aromatic heterocycles. The maximum atomic E-state index is 12.9. The highest BCUT2D eigenvalue weighted by Gasteiger charge is 2.22. The van der Waals surface area contributed by atoms with Crippen LogP contribution in [0.1, 0.15) is 33.2 Å². The smallest absolute Gasteiger partial charge is 0.340 e. The number of sulfonamides is 1. The Morgan fingerprint density at radius 3 is 2.31 bits per heavy atom. The average Bonchev–Trinajstić information content (AvgIpc) is 2.76. The minimum absolute atomic E-state index is 0.0328. The second-order valence-corrected chi connectivity index (χ2v) is 8.84. The third-order valence-corrected chi connectivity index (χ3v) is 6.39. The van der Waals surface area contributed by atoms with Crippen LogP contribution >= 0.6 is 11.6 Å². The van der Waals surface area contributed by atoms with Crippen molar-refractivity contribution in [2.45, 2.75) is 18.7 Å². The van der Waals surface area contributed by atoms with Crippen LogP contribution < -0.4 is 10.0 Å². The summed E-state index contributed by atoms with van der Waals surface area (Å²) in [5.41, 5.74) is 1.62. The Morgan fingerprint density at radius 2 is 1.62 bits per heavy atom. The molecule has 0 heterocycles. The zero-order chi connectivity index (χ0) is 23.3. The molecule has 32 heavy (non-hydrogen) atoms. The van der Waals surface area contributed by atoms with Gasteiger partial charge in [-0.05, 0) is 55.8 Å². The number of carbonyl (C=O) groups is 2. The van der Waals surface area contributed by atoms with Crippen LogP contribution in [0.5, 0.6) is 0 Å². The summed E-state index contributed by atoms with van der Waals surface area (Å²) in [5, 5.41) is 2.59. The molecule has 0 radical (unpaired) electrons. The van der Waals surface area contributed by atoms with Crippen LogP contribution in [0.15, 0.2) is 71.6 Å². The first kappa shape index (κ1) is 23.3. The van der Waals surface area contributed by atoms with Gasteiger partial charge in [0.2, 0.25) is 0 Å². The van der Waals surface area contributed by atoms with E-state index in [0.29, 0.717) is 5.69 Å². The van der Waals surface area contributed by atoms with E-state index in [9.17, 15) is 18.0 Å². The number of halogens is 1. The second-order valence-electron chi connectivity index (χ2n) is 6.79. The molecule has 3 aromatic carbocycles. The van der Waals surface area contributed by atoms with Crippen LogP contribution in [0.25, 0.3) is 0 Å². The summed E-state index contributed by atoms with van der Waals surface area (Å²) in [7, 11) is -4.06. The molecule has 0 saturated heterocycles. The van der Waals surface area contributed by atoms with Gasteiger partial charge in [-0.3, -0.25) is 9.52 Å². The Morgan fingerprint density at radius 1 is 0.969 bits per heavy atom. The standard InChI is InChI=1S/C23H21ClN2O5S/c1-3-31-23(28)17-9-5-7-11-20(17)25-22(27)16-12-13-18(24)21(14-16)32(29,30)26-19-10-6-4-8-15(19)2/h4-14,26H,3H2,1-2H3,(H,25,27). The van der Waals surface area contributed by atoms with Gasteiger partial charge < -0.3 is 10.1 Å². The Balaban J connectivity index is 1.90. The number of amides is 1. The predicted molar refractivity (Wildman–Crippen MR) is 124 cm³/mol. The molecule has 0 atom stereocenters. The topological polar surface area (TPSA) is 102 Å². The minimum atomic E-state index is -4.06. The van der Waals surface area contributed by atoms with Crippen LogP contribution in [0, 0.1) is 6.92 Å². The van der Waals surface area contributed by atoms with Crippen molar-refractivity contribution in [1.82, 2.24) is 0 Å². The number of hydrogen-bond acceptors (Lipinski definition) is 5. The lowest BCUT2D eigenvalue weighted by Gasteiger charge is -2.13. The highest BCUT2D eigenvalue weighted by molar-refractivity contribution is 7.92. The lowest BCUT2D eigenvalue weighted by Crippen LogP contribution is -2.18. The SMILES string of the molecule is CCOC(=O)c1ccccc1NC(=O)c1ccc(Cl)c(S(=O)(=O)Nc2ccccc2C)c1. The number of aryl methyl sites for hydroxylation is 1. The molecule has 3 rings (SSSR count). The Labute approximate surface area is 191 Å². The number of benzene rings is 3. The number of para-hydroxylation sites is 2. The molecular weight excluding hydrogens is 452 g/mol. The molecule has 7 nitrogen and oxygen atoms in total. The highest BCUT2D eigenvalue weighted by atomic mass is 35.5. The average molecular weight is 473 g/mol. The van der Waals surface area contributed by atoms with Gasteiger partial charge in [0.1, 0.15) is 4.90 Å². The fourth-order valence-electron chi connectivity index (χ4n) is 2.91. The van der Waals surface area contributed by atoms with Crippen molar-refractivity contribution in [3.63, 3.8) is 0 Å². The van der Waals surface area contributed by atoms with Crippen molar-refractivity contribution in [3.8, 4) is 0 Å². The summed E-state index contributed by atoms with van der Waals surface area (Å²) >= 11 is 6.14. The van der Waals surface area contributed by atoms with Gasteiger partial charge >= 0.3 is 5.97 Å². The fourth-order valence-corrected chi connectivity index (χ4v) is 4.57. The molecule has 0 aliphatic rings. The van der Waals surface area contributed by atoms with E-state index in [1.54, 1.807) is 56.3 Å². The third kappa shape index (κ3) is 5.27. The molecule has 0 unspecified atom stereocenters. The molecule has 166 valence electrons. The highest BCUT2D eigenvalue weighted by Crippen LogP contribution is 2.27. The van der Waals surface area contributed by atoms with E-state index in [-0.39, 0.29) is 33.3 Å². The van der Waals surface area contributed by atoms with Crippen molar-refractivity contribution >= 4 is 44.9 Å². The van der Waals surface area contributed by atoms with Gasteiger partial charge in [0.15, 0.2) is 0 Å². The molecule has 0 bridgehead atoms. The number of carbonyl (C=O) groups excluding carboxylic acids is 2. The van der Waals surface area contributed by atoms with Crippen LogP contribution in [0.2, 0.25) is 5.02 Å². The third-order valence-electron chi connectivity index (χ3n) is 4.54. The van der Waals surface area contributed by atoms with Gasteiger partial charge in [0.25, 0.3) is 15.9 Å². The molecule has 2 N–H and O–H groups in total. The first-order chi connectivity index (χ1) is 15.2. The van der Waals surface area contributed by atoms with E-state index >= 15 is 0 Å². The minimum Gasteiger partial charge on any atom is -0.462 e. The van der Waals surface area contributed by atoms with E-state index < -0.39 is 21.9 Å². The van der Waals surface area contributed by atoms with Crippen LogP contribution in [0.3, 0.4) is 0 Å². The van der Waals surface area contributed by atoms with Gasteiger partial charge in [-0.15, -0.1) is 0 Å². The summed E-state index contributed by atoms with van der Waals surface area (Å²) in [6.45, 7) is 3.64. The molecule has 0 spiro atoms. The molecule has 0 aliphatic heterocycles. The van der Waals surface area contributed by atoms with Gasteiger partial charge in [-0.25, -0.2) is 13.2 Å². The zero-order valence-corrected chi connectivity index (χ0v) is 19.0. The lowest BCUT2D eigenvalue weighted by molar-refractivity contribution is 0.0527. The van der Waals surface area contributed by atoms with Crippen LogP contribution in [-0.2, 0) is 14.8 Å². The van der Waals surface area contributed by atoms with Crippen molar-refractivity contribution in [1.29, 1.82) is 0 Å². The summed E-state index contributed by atoms with van der Waals surface area (Å²) in [5.74, 6) is -1.18. The largest absolute Gasteiger partial charge is 0.462 e. The molecular formula is C23H21ClN2O5S. The van der Waals surface area contributed by atoms with Gasteiger partial charge in [-0.2, -0.15) is 0 Å². The number of ether oxygens (including phenoxy) is 1.